The topological polar surface area (TPSA) is 38.3 Å². The number of hydrogen-bond acceptors (Lipinski definition) is 3. The van der Waals surface area contributed by atoms with E-state index in [1.165, 1.54) is 19.3 Å². The molecule has 2 saturated carbocycles. The highest BCUT2D eigenvalue weighted by atomic mass is 35.5. The van der Waals surface area contributed by atoms with Gasteiger partial charge in [-0.15, -0.1) is 12.4 Å². The van der Waals surface area contributed by atoms with Gasteiger partial charge in [0, 0.05) is 11.6 Å². The predicted octanol–water partition coefficient (Wildman–Crippen LogP) is 4.19. The Morgan fingerprint density at radius 1 is 1.26 bits per heavy atom. The van der Waals surface area contributed by atoms with Gasteiger partial charge < -0.3 is 10.1 Å². The zero-order valence-corrected chi connectivity index (χ0v) is 15.0. The second-order valence-corrected chi connectivity index (χ2v) is 7.14. The molecule has 23 heavy (non-hydrogen) atoms. The lowest BCUT2D eigenvalue weighted by Gasteiger charge is -2.28. The number of benzene rings is 1. The van der Waals surface area contributed by atoms with Crippen LogP contribution in [0.3, 0.4) is 0 Å². The Kier molecular flexibility index (Phi) is 6.75. The number of esters is 1. The average Bonchev–Trinajstić information content (AvgIpc) is 3.10. The zero-order valence-electron chi connectivity index (χ0n) is 13.5. The molecular weight excluding hydrogens is 333 g/mol. The van der Waals surface area contributed by atoms with Crippen LogP contribution >= 0.6 is 24.0 Å². The van der Waals surface area contributed by atoms with Gasteiger partial charge in [0.15, 0.2) is 0 Å². The molecular formula is C18H25Cl2NO2. The van der Waals surface area contributed by atoms with E-state index in [0.29, 0.717) is 17.2 Å². The Bertz CT molecular complexity index is 518. The van der Waals surface area contributed by atoms with Crippen molar-refractivity contribution in [3.05, 3.63) is 34.9 Å². The van der Waals surface area contributed by atoms with Crippen LogP contribution in [0.15, 0.2) is 24.3 Å². The van der Waals surface area contributed by atoms with Gasteiger partial charge in [0.1, 0.15) is 6.61 Å². The molecule has 0 saturated heterocycles. The Balaban J connectivity index is 0.00000192. The van der Waals surface area contributed by atoms with E-state index in [9.17, 15) is 4.79 Å². The van der Waals surface area contributed by atoms with Crippen LogP contribution in [0.4, 0.5) is 0 Å². The van der Waals surface area contributed by atoms with Gasteiger partial charge in [0.25, 0.3) is 0 Å². The van der Waals surface area contributed by atoms with Gasteiger partial charge in [0.05, 0.1) is 5.56 Å². The van der Waals surface area contributed by atoms with Crippen molar-refractivity contribution in [2.24, 2.45) is 23.7 Å². The van der Waals surface area contributed by atoms with E-state index in [4.69, 9.17) is 16.3 Å². The van der Waals surface area contributed by atoms with Gasteiger partial charge in [-0.3, -0.25) is 0 Å². The molecule has 3 rings (SSSR count). The summed E-state index contributed by atoms with van der Waals surface area (Å²) in [5, 5.41) is 4.08. The molecule has 2 aliphatic rings. The molecule has 0 aromatic heterocycles. The minimum absolute atomic E-state index is 0. The molecule has 4 atom stereocenters. The molecule has 128 valence electrons. The lowest BCUT2D eigenvalue weighted by Crippen LogP contribution is -2.33. The van der Waals surface area contributed by atoms with Crippen LogP contribution in [0.25, 0.3) is 0 Å². The molecule has 0 aliphatic heterocycles. The maximum Gasteiger partial charge on any atom is 0.338 e. The van der Waals surface area contributed by atoms with Gasteiger partial charge >= 0.3 is 5.97 Å². The maximum atomic E-state index is 11.8. The number of fused-ring (bicyclic) bond motifs is 2. The van der Waals surface area contributed by atoms with Crippen LogP contribution in [0, 0.1) is 23.7 Å². The summed E-state index contributed by atoms with van der Waals surface area (Å²) in [7, 11) is 0. The van der Waals surface area contributed by atoms with Gasteiger partial charge in [-0.2, -0.15) is 0 Å². The van der Waals surface area contributed by atoms with Crippen molar-refractivity contribution in [2.45, 2.75) is 26.2 Å². The number of rotatable bonds is 6. The third-order valence-electron chi connectivity index (χ3n) is 5.51. The van der Waals surface area contributed by atoms with E-state index in [0.717, 1.165) is 36.8 Å². The van der Waals surface area contributed by atoms with Gasteiger partial charge in [-0.25, -0.2) is 4.79 Å². The second kappa shape index (κ2) is 8.36. The third kappa shape index (κ3) is 4.40. The number of carbonyl (C=O) groups excluding carboxylic acids is 1. The van der Waals surface area contributed by atoms with Crippen molar-refractivity contribution in [3.8, 4) is 0 Å². The summed E-state index contributed by atoms with van der Waals surface area (Å²) in [6.07, 6.45) is 4.27. The minimum Gasteiger partial charge on any atom is -0.461 e. The summed E-state index contributed by atoms with van der Waals surface area (Å²) < 4.78 is 5.28. The minimum atomic E-state index is -0.285. The molecule has 3 nitrogen and oxygen atoms in total. The van der Waals surface area contributed by atoms with E-state index in [1.807, 2.05) is 0 Å². The molecule has 2 bridgehead atoms. The normalized spacial score (nSPS) is 28.4. The van der Waals surface area contributed by atoms with Crippen LogP contribution in [-0.4, -0.2) is 25.7 Å². The molecule has 1 aromatic rings. The van der Waals surface area contributed by atoms with E-state index in [-0.39, 0.29) is 18.4 Å². The lowest BCUT2D eigenvalue weighted by atomic mass is 9.80. The first-order valence-corrected chi connectivity index (χ1v) is 8.66. The van der Waals surface area contributed by atoms with Crippen LogP contribution in [-0.2, 0) is 4.74 Å². The van der Waals surface area contributed by atoms with Crippen molar-refractivity contribution in [1.29, 1.82) is 0 Å². The van der Waals surface area contributed by atoms with E-state index >= 15 is 0 Å². The standard InChI is InChI=1S/C18H24ClNO2.ClH/c1-12-14-2-3-15(10-14)17(12)11-20-8-9-22-18(21)13-4-6-16(19)7-5-13;/h4-7,12,14-15,17,20H,2-3,8-11H2,1H3;1H. The summed E-state index contributed by atoms with van der Waals surface area (Å²) in [5.41, 5.74) is 0.547. The van der Waals surface area contributed by atoms with Crippen LogP contribution in [0.1, 0.15) is 36.5 Å². The predicted molar refractivity (Wildman–Crippen MR) is 95.3 cm³/mol. The third-order valence-corrected chi connectivity index (χ3v) is 5.76. The van der Waals surface area contributed by atoms with Crippen molar-refractivity contribution in [1.82, 2.24) is 5.32 Å². The first-order chi connectivity index (χ1) is 10.6. The Morgan fingerprint density at radius 3 is 2.61 bits per heavy atom. The second-order valence-electron chi connectivity index (χ2n) is 6.70. The molecule has 2 fully saturated rings. The molecule has 0 radical (unpaired) electrons. The molecule has 0 amide bonds. The van der Waals surface area contributed by atoms with Gasteiger partial charge in [0.2, 0.25) is 0 Å². The number of halogens is 2. The largest absolute Gasteiger partial charge is 0.461 e. The molecule has 4 unspecified atom stereocenters. The van der Waals surface area contributed by atoms with Crippen molar-refractivity contribution in [2.75, 3.05) is 19.7 Å². The van der Waals surface area contributed by atoms with Crippen molar-refractivity contribution < 1.29 is 9.53 Å². The fourth-order valence-electron chi connectivity index (χ4n) is 4.20. The first-order valence-electron chi connectivity index (χ1n) is 8.28. The first kappa shape index (κ1) is 18.6. The SMILES string of the molecule is CC1C2CCC(C2)C1CNCCOC(=O)c1ccc(Cl)cc1.Cl. The van der Waals surface area contributed by atoms with Crippen LogP contribution in [0.2, 0.25) is 5.02 Å². The Labute approximate surface area is 149 Å². The van der Waals surface area contributed by atoms with E-state index < -0.39 is 0 Å². The summed E-state index contributed by atoms with van der Waals surface area (Å²) in [6, 6.07) is 6.78. The van der Waals surface area contributed by atoms with Crippen molar-refractivity contribution >= 4 is 30.0 Å². The van der Waals surface area contributed by atoms with Gasteiger partial charge in [-0.1, -0.05) is 18.5 Å². The number of ether oxygens (including phenoxy) is 1. The smallest absolute Gasteiger partial charge is 0.338 e. The highest BCUT2D eigenvalue weighted by molar-refractivity contribution is 6.30. The monoisotopic (exact) mass is 357 g/mol. The quantitative estimate of drug-likeness (QED) is 0.612. The fourth-order valence-corrected chi connectivity index (χ4v) is 4.33. The molecule has 0 heterocycles. The fraction of sp³-hybridized carbons (Fsp3) is 0.611. The average molecular weight is 358 g/mol. The summed E-state index contributed by atoms with van der Waals surface area (Å²) in [6.45, 7) is 4.59. The van der Waals surface area contributed by atoms with E-state index in [1.54, 1.807) is 24.3 Å². The summed E-state index contributed by atoms with van der Waals surface area (Å²) in [4.78, 5) is 11.8. The molecule has 1 N–H and O–H groups in total. The van der Waals surface area contributed by atoms with Crippen LogP contribution < -0.4 is 5.32 Å². The number of carbonyl (C=O) groups is 1. The molecule has 0 spiro atoms. The highest BCUT2D eigenvalue weighted by Crippen LogP contribution is 2.51. The van der Waals surface area contributed by atoms with Crippen molar-refractivity contribution in [3.63, 3.8) is 0 Å². The summed E-state index contributed by atoms with van der Waals surface area (Å²) >= 11 is 5.80. The zero-order chi connectivity index (χ0) is 15.5. The van der Waals surface area contributed by atoms with Gasteiger partial charge in [-0.05, 0) is 73.7 Å². The Morgan fingerprint density at radius 2 is 1.96 bits per heavy atom. The van der Waals surface area contributed by atoms with Crippen LogP contribution in [0.5, 0.6) is 0 Å². The summed E-state index contributed by atoms with van der Waals surface area (Å²) in [5.74, 6) is 3.25. The molecule has 5 heteroatoms. The highest BCUT2D eigenvalue weighted by Gasteiger charge is 2.44. The number of nitrogens with one attached hydrogen (secondary N) is 1. The lowest BCUT2D eigenvalue weighted by molar-refractivity contribution is 0.0506. The Hall–Kier alpha value is -0.770. The molecule has 1 aromatic carbocycles. The number of hydrogen-bond donors (Lipinski definition) is 1. The van der Waals surface area contributed by atoms with E-state index in [2.05, 4.69) is 12.2 Å². The molecule has 2 aliphatic carbocycles. The maximum absolute atomic E-state index is 11.8.